The second-order valence-electron chi connectivity index (χ2n) is 4.61. The molecule has 0 amide bonds. The van der Waals surface area contributed by atoms with Gasteiger partial charge in [0.1, 0.15) is 0 Å². The fourth-order valence-corrected chi connectivity index (χ4v) is 2.57. The maximum absolute atomic E-state index is 8.89. The van der Waals surface area contributed by atoms with Gasteiger partial charge in [0.15, 0.2) is 0 Å². The van der Waals surface area contributed by atoms with E-state index in [9.17, 15) is 0 Å². The van der Waals surface area contributed by atoms with Gasteiger partial charge in [-0.2, -0.15) is 5.26 Å². The molecule has 1 heterocycles. The Morgan fingerprint density at radius 2 is 2.00 bits per heavy atom. The number of nitriles is 1. The molecule has 90 valence electrons. The first kappa shape index (κ1) is 12.3. The van der Waals surface area contributed by atoms with Crippen LogP contribution in [0.3, 0.4) is 0 Å². The number of nitrogens with zero attached hydrogens (tertiary/aromatic N) is 2. The Morgan fingerprint density at radius 1 is 1.29 bits per heavy atom. The molecule has 3 heteroatoms. The summed E-state index contributed by atoms with van der Waals surface area (Å²) in [6, 6.07) is 8.24. The topological polar surface area (TPSA) is 27.0 Å². The lowest BCUT2D eigenvalue weighted by Crippen LogP contribution is -2.29. The molecule has 1 saturated heterocycles. The summed E-state index contributed by atoms with van der Waals surface area (Å²) in [5.74, 6) is -0.0945. The minimum atomic E-state index is -0.0945. The Labute approximate surface area is 108 Å². The quantitative estimate of drug-likeness (QED) is 0.792. The first-order chi connectivity index (χ1) is 8.22. The summed E-state index contributed by atoms with van der Waals surface area (Å²) in [6.45, 7) is 4.08. The number of halogens is 1. The van der Waals surface area contributed by atoms with Crippen molar-refractivity contribution in [3.63, 3.8) is 0 Å². The van der Waals surface area contributed by atoms with Crippen LogP contribution in [0.2, 0.25) is 5.02 Å². The second-order valence-corrected chi connectivity index (χ2v) is 5.02. The van der Waals surface area contributed by atoms with Crippen molar-refractivity contribution in [1.82, 2.24) is 0 Å². The van der Waals surface area contributed by atoms with Crippen molar-refractivity contribution in [1.29, 1.82) is 5.26 Å². The van der Waals surface area contributed by atoms with Gasteiger partial charge < -0.3 is 4.90 Å². The van der Waals surface area contributed by atoms with E-state index in [-0.39, 0.29) is 5.92 Å². The van der Waals surface area contributed by atoms with Gasteiger partial charge in [0.2, 0.25) is 0 Å². The highest BCUT2D eigenvalue weighted by molar-refractivity contribution is 6.33. The molecule has 0 bridgehead atoms. The summed E-state index contributed by atoms with van der Waals surface area (Å²) in [4.78, 5) is 2.34. The Morgan fingerprint density at radius 3 is 2.59 bits per heavy atom. The van der Waals surface area contributed by atoms with E-state index in [0.29, 0.717) is 0 Å². The number of anilines is 1. The standard InChI is InChI=1S/C14H17ClN2/c1-11(10-16)12-5-6-14(13(15)9-12)17-7-3-2-4-8-17/h5-6,9,11H,2-4,7-8H2,1H3. The van der Waals surface area contributed by atoms with E-state index in [1.165, 1.54) is 19.3 Å². The van der Waals surface area contributed by atoms with Crippen LogP contribution in [0.5, 0.6) is 0 Å². The van der Waals surface area contributed by atoms with Crippen LogP contribution in [0.1, 0.15) is 37.7 Å². The molecule has 17 heavy (non-hydrogen) atoms. The Balaban J connectivity index is 2.22. The minimum Gasteiger partial charge on any atom is -0.370 e. The summed E-state index contributed by atoms with van der Waals surface area (Å²) in [5, 5.41) is 9.66. The molecule has 1 aromatic rings. The highest BCUT2D eigenvalue weighted by Gasteiger charge is 2.15. The molecule has 0 N–H and O–H groups in total. The van der Waals surface area contributed by atoms with Gasteiger partial charge in [0.05, 0.1) is 22.7 Å². The normalized spacial score (nSPS) is 17.6. The van der Waals surface area contributed by atoms with Gasteiger partial charge in [-0.1, -0.05) is 17.7 Å². The van der Waals surface area contributed by atoms with Gasteiger partial charge in [0, 0.05) is 13.1 Å². The zero-order chi connectivity index (χ0) is 12.3. The third-order valence-electron chi connectivity index (χ3n) is 3.36. The van der Waals surface area contributed by atoms with E-state index in [1.54, 1.807) is 0 Å². The lowest BCUT2D eigenvalue weighted by molar-refractivity contribution is 0.578. The van der Waals surface area contributed by atoms with Crippen LogP contribution in [0.15, 0.2) is 18.2 Å². The molecule has 1 fully saturated rings. The first-order valence-corrected chi connectivity index (χ1v) is 6.54. The van der Waals surface area contributed by atoms with E-state index >= 15 is 0 Å². The van der Waals surface area contributed by atoms with Gasteiger partial charge in [-0.05, 0) is 43.9 Å². The zero-order valence-corrected chi connectivity index (χ0v) is 10.9. The molecular formula is C14H17ClN2. The molecule has 0 radical (unpaired) electrons. The first-order valence-electron chi connectivity index (χ1n) is 6.16. The number of hydrogen-bond acceptors (Lipinski definition) is 2. The minimum absolute atomic E-state index is 0.0945. The van der Waals surface area contributed by atoms with Crippen molar-refractivity contribution in [3.8, 4) is 6.07 Å². The molecule has 2 rings (SSSR count). The van der Waals surface area contributed by atoms with Crippen LogP contribution < -0.4 is 4.90 Å². The van der Waals surface area contributed by atoms with Gasteiger partial charge in [-0.15, -0.1) is 0 Å². The highest BCUT2D eigenvalue weighted by atomic mass is 35.5. The van der Waals surface area contributed by atoms with Crippen molar-refractivity contribution < 1.29 is 0 Å². The zero-order valence-electron chi connectivity index (χ0n) is 10.1. The summed E-state index contributed by atoms with van der Waals surface area (Å²) in [5.41, 5.74) is 2.11. The van der Waals surface area contributed by atoms with Crippen LogP contribution in [-0.2, 0) is 0 Å². The molecule has 0 aliphatic carbocycles. The van der Waals surface area contributed by atoms with Crippen LogP contribution in [0, 0.1) is 11.3 Å². The average Bonchev–Trinajstić information content (AvgIpc) is 2.38. The monoisotopic (exact) mass is 248 g/mol. The van der Waals surface area contributed by atoms with E-state index in [2.05, 4.69) is 17.0 Å². The Hall–Kier alpha value is -1.20. The summed E-state index contributed by atoms with van der Waals surface area (Å²) >= 11 is 6.31. The maximum Gasteiger partial charge on any atom is 0.0700 e. The Kier molecular flexibility index (Phi) is 3.91. The molecule has 2 nitrogen and oxygen atoms in total. The summed E-state index contributed by atoms with van der Waals surface area (Å²) in [6.07, 6.45) is 3.80. The lowest BCUT2D eigenvalue weighted by atomic mass is 10.0. The molecule has 1 aliphatic heterocycles. The van der Waals surface area contributed by atoms with Gasteiger partial charge in [-0.3, -0.25) is 0 Å². The highest BCUT2D eigenvalue weighted by Crippen LogP contribution is 2.31. The van der Waals surface area contributed by atoms with Crippen molar-refractivity contribution in [2.75, 3.05) is 18.0 Å². The van der Waals surface area contributed by atoms with E-state index in [1.807, 2.05) is 19.1 Å². The smallest absolute Gasteiger partial charge is 0.0700 e. The Bertz CT molecular complexity index is 430. The fourth-order valence-electron chi connectivity index (χ4n) is 2.26. The van der Waals surface area contributed by atoms with Gasteiger partial charge in [0.25, 0.3) is 0 Å². The molecule has 1 atom stereocenters. The fraction of sp³-hybridized carbons (Fsp3) is 0.500. The second kappa shape index (κ2) is 5.42. The summed E-state index contributed by atoms with van der Waals surface area (Å²) in [7, 11) is 0. The van der Waals surface area contributed by atoms with Crippen molar-refractivity contribution in [2.45, 2.75) is 32.1 Å². The van der Waals surface area contributed by atoms with Crippen molar-refractivity contribution in [2.24, 2.45) is 0 Å². The number of hydrogen-bond donors (Lipinski definition) is 0. The van der Waals surface area contributed by atoms with E-state index in [4.69, 9.17) is 16.9 Å². The van der Waals surface area contributed by atoms with Gasteiger partial charge in [-0.25, -0.2) is 0 Å². The van der Waals surface area contributed by atoms with E-state index in [0.717, 1.165) is 29.4 Å². The lowest BCUT2D eigenvalue weighted by Gasteiger charge is -2.29. The molecule has 1 unspecified atom stereocenters. The van der Waals surface area contributed by atoms with Gasteiger partial charge >= 0.3 is 0 Å². The van der Waals surface area contributed by atoms with Crippen LogP contribution in [0.25, 0.3) is 0 Å². The molecule has 0 aromatic heterocycles. The number of benzene rings is 1. The van der Waals surface area contributed by atoms with Crippen LogP contribution in [-0.4, -0.2) is 13.1 Å². The maximum atomic E-state index is 8.89. The van der Waals surface area contributed by atoms with E-state index < -0.39 is 0 Å². The molecule has 0 spiro atoms. The molecule has 1 aromatic carbocycles. The molecule has 1 aliphatic rings. The van der Waals surface area contributed by atoms with Crippen LogP contribution in [0.4, 0.5) is 5.69 Å². The predicted octanol–water partition coefficient (Wildman–Crippen LogP) is 3.96. The predicted molar refractivity (Wildman–Crippen MR) is 71.5 cm³/mol. The molecule has 0 saturated carbocycles. The third-order valence-corrected chi connectivity index (χ3v) is 3.66. The van der Waals surface area contributed by atoms with Crippen molar-refractivity contribution >= 4 is 17.3 Å². The number of piperidine rings is 1. The largest absolute Gasteiger partial charge is 0.370 e. The molecular weight excluding hydrogens is 232 g/mol. The summed E-state index contributed by atoms with van der Waals surface area (Å²) < 4.78 is 0. The average molecular weight is 249 g/mol. The van der Waals surface area contributed by atoms with Crippen molar-refractivity contribution in [3.05, 3.63) is 28.8 Å². The van der Waals surface area contributed by atoms with Crippen LogP contribution >= 0.6 is 11.6 Å². The number of rotatable bonds is 2. The SMILES string of the molecule is CC(C#N)c1ccc(N2CCCCC2)c(Cl)c1. The third kappa shape index (κ3) is 2.73.